The van der Waals surface area contributed by atoms with E-state index in [1.54, 1.807) is 12.1 Å². The van der Waals surface area contributed by atoms with Gasteiger partial charge in [0.05, 0.1) is 16.1 Å². The number of hydrogen-bond donors (Lipinski definition) is 2. The minimum Gasteiger partial charge on any atom is -0.478 e. The van der Waals surface area contributed by atoms with E-state index in [9.17, 15) is 22.0 Å². The maximum absolute atomic E-state index is 13.5. The topological polar surface area (TPSA) is 83.5 Å². The number of carboxylic acid groups (broad SMARTS) is 1. The molecular formula is C20H15F2NO4S. The zero-order chi connectivity index (χ0) is 20.5. The Bertz CT molecular complexity index is 1140. The van der Waals surface area contributed by atoms with Gasteiger partial charge in [0.2, 0.25) is 0 Å². The van der Waals surface area contributed by atoms with Gasteiger partial charge in [0.25, 0.3) is 10.0 Å². The molecule has 0 unspecified atom stereocenters. The molecule has 0 aliphatic rings. The first-order chi connectivity index (χ1) is 13.2. The predicted octanol–water partition coefficient (Wildman–Crippen LogP) is 4.44. The minimum atomic E-state index is -4.21. The third-order valence-corrected chi connectivity index (χ3v) is 5.47. The Morgan fingerprint density at radius 1 is 0.893 bits per heavy atom. The van der Waals surface area contributed by atoms with E-state index >= 15 is 0 Å². The summed E-state index contributed by atoms with van der Waals surface area (Å²) in [6.45, 7) is 1.95. The van der Waals surface area contributed by atoms with E-state index in [0.717, 1.165) is 16.7 Å². The van der Waals surface area contributed by atoms with Crippen LogP contribution in [0.1, 0.15) is 15.9 Å². The number of aryl methyl sites for hydroxylation is 1. The summed E-state index contributed by atoms with van der Waals surface area (Å²) < 4.78 is 53.9. The SMILES string of the molecule is Cc1ccc(-c2ccc(S(=O)(=O)Nc3cc(F)c(F)cc3C(=O)O)cc2)cc1. The number of halogens is 2. The van der Waals surface area contributed by atoms with Crippen molar-refractivity contribution >= 4 is 21.7 Å². The average Bonchev–Trinajstić information content (AvgIpc) is 2.65. The van der Waals surface area contributed by atoms with Crippen LogP contribution in [0.15, 0.2) is 65.6 Å². The second kappa shape index (κ2) is 7.40. The number of carboxylic acids is 1. The highest BCUT2D eigenvalue weighted by Crippen LogP contribution is 2.25. The maximum atomic E-state index is 13.5. The van der Waals surface area contributed by atoms with Crippen LogP contribution in [0.25, 0.3) is 11.1 Å². The summed E-state index contributed by atoms with van der Waals surface area (Å²) in [6.07, 6.45) is 0. The van der Waals surface area contributed by atoms with Crippen LogP contribution in [-0.2, 0) is 10.0 Å². The van der Waals surface area contributed by atoms with Crippen molar-refractivity contribution < 1.29 is 27.1 Å². The molecule has 0 saturated heterocycles. The molecule has 5 nitrogen and oxygen atoms in total. The molecule has 144 valence electrons. The van der Waals surface area contributed by atoms with E-state index in [1.807, 2.05) is 35.9 Å². The summed E-state index contributed by atoms with van der Waals surface area (Å²) in [5, 5.41) is 9.11. The fourth-order valence-corrected chi connectivity index (χ4v) is 3.66. The van der Waals surface area contributed by atoms with Crippen molar-refractivity contribution in [1.29, 1.82) is 0 Å². The number of sulfonamides is 1. The highest BCUT2D eigenvalue weighted by Gasteiger charge is 2.21. The van der Waals surface area contributed by atoms with E-state index in [-0.39, 0.29) is 4.90 Å². The van der Waals surface area contributed by atoms with Crippen molar-refractivity contribution in [3.8, 4) is 11.1 Å². The van der Waals surface area contributed by atoms with Gasteiger partial charge in [-0.2, -0.15) is 0 Å². The third kappa shape index (κ3) is 4.01. The van der Waals surface area contributed by atoms with Crippen molar-refractivity contribution in [2.45, 2.75) is 11.8 Å². The Balaban J connectivity index is 1.93. The van der Waals surface area contributed by atoms with Crippen LogP contribution in [-0.4, -0.2) is 19.5 Å². The number of aromatic carboxylic acids is 1. The number of anilines is 1. The van der Waals surface area contributed by atoms with Crippen LogP contribution < -0.4 is 4.72 Å². The molecule has 0 radical (unpaired) electrons. The summed E-state index contributed by atoms with van der Waals surface area (Å²) >= 11 is 0. The van der Waals surface area contributed by atoms with E-state index < -0.39 is 38.9 Å². The first kappa shape index (κ1) is 19.5. The monoisotopic (exact) mass is 403 g/mol. The fraction of sp³-hybridized carbons (Fsp3) is 0.0500. The third-order valence-electron chi connectivity index (χ3n) is 4.08. The van der Waals surface area contributed by atoms with Crippen LogP contribution in [0.4, 0.5) is 14.5 Å². The average molecular weight is 403 g/mol. The van der Waals surface area contributed by atoms with Gasteiger partial charge in [-0.1, -0.05) is 42.0 Å². The number of carbonyl (C=O) groups is 1. The molecule has 0 aromatic heterocycles. The number of hydrogen-bond acceptors (Lipinski definition) is 3. The van der Waals surface area contributed by atoms with Crippen LogP contribution in [0.2, 0.25) is 0 Å². The second-order valence-corrected chi connectivity index (χ2v) is 7.80. The Morgan fingerprint density at radius 3 is 1.93 bits per heavy atom. The highest BCUT2D eigenvalue weighted by molar-refractivity contribution is 7.92. The Hall–Kier alpha value is -3.26. The van der Waals surface area contributed by atoms with Gasteiger partial charge in [-0.15, -0.1) is 0 Å². The smallest absolute Gasteiger partial charge is 0.337 e. The molecule has 0 saturated carbocycles. The van der Waals surface area contributed by atoms with E-state index in [2.05, 4.69) is 0 Å². The normalized spacial score (nSPS) is 11.2. The molecule has 3 aromatic rings. The van der Waals surface area contributed by atoms with Gasteiger partial charge in [0, 0.05) is 6.07 Å². The van der Waals surface area contributed by atoms with Crippen molar-refractivity contribution in [3.05, 3.63) is 83.4 Å². The lowest BCUT2D eigenvalue weighted by molar-refractivity contribution is 0.0697. The first-order valence-corrected chi connectivity index (χ1v) is 9.58. The van der Waals surface area contributed by atoms with E-state index in [4.69, 9.17) is 5.11 Å². The second-order valence-electron chi connectivity index (χ2n) is 6.11. The molecule has 0 aliphatic heterocycles. The van der Waals surface area contributed by atoms with Crippen molar-refractivity contribution in [1.82, 2.24) is 0 Å². The maximum Gasteiger partial charge on any atom is 0.337 e. The van der Waals surface area contributed by atoms with E-state index in [1.165, 1.54) is 12.1 Å². The highest BCUT2D eigenvalue weighted by atomic mass is 32.2. The van der Waals surface area contributed by atoms with Crippen LogP contribution in [0.5, 0.6) is 0 Å². The standard InChI is InChI=1S/C20H15F2NO4S/c1-12-2-4-13(5-3-12)14-6-8-15(9-7-14)28(26,27)23-19-11-18(22)17(21)10-16(19)20(24)25/h2-11,23H,1H3,(H,24,25). The molecule has 8 heteroatoms. The first-order valence-electron chi connectivity index (χ1n) is 8.09. The largest absolute Gasteiger partial charge is 0.478 e. The van der Waals surface area contributed by atoms with Gasteiger partial charge >= 0.3 is 5.97 Å². The molecule has 28 heavy (non-hydrogen) atoms. The summed E-state index contributed by atoms with van der Waals surface area (Å²) in [6, 6.07) is 14.5. The molecule has 0 atom stereocenters. The molecule has 3 aromatic carbocycles. The molecule has 2 N–H and O–H groups in total. The van der Waals surface area contributed by atoms with Crippen molar-refractivity contribution in [2.24, 2.45) is 0 Å². The Morgan fingerprint density at radius 2 is 1.39 bits per heavy atom. The quantitative estimate of drug-likeness (QED) is 0.660. The van der Waals surface area contributed by atoms with Crippen molar-refractivity contribution in [2.75, 3.05) is 4.72 Å². The van der Waals surface area contributed by atoms with Gasteiger partial charge in [-0.3, -0.25) is 4.72 Å². The molecule has 0 spiro atoms. The summed E-state index contributed by atoms with van der Waals surface area (Å²) in [4.78, 5) is 11.1. The van der Waals surface area contributed by atoms with Crippen LogP contribution in [0, 0.1) is 18.6 Å². The summed E-state index contributed by atoms with van der Waals surface area (Å²) in [7, 11) is -4.21. The molecule has 0 bridgehead atoms. The predicted molar refractivity (Wildman–Crippen MR) is 101 cm³/mol. The molecule has 0 heterocycles. The molecule has 0 fully saturated rings. The zero-order valence-corrected chi connectivity index (χ0v) is 15.4. The minimum absolute atomic E-state index is 0.149. The lowest BCUT2D eigenvalue weighted by Gasteiger charge is -2.12. The Kier molecular flexibility index (Phi) is 5.15. The summed E-state index contributed by atoms with van der Waals surface area (Å²) in [5.74, 6) is -4.34. The van der Waals surface area contributed by atoms with Gasteiger partial charge < -0.3 is 5.11 Å². The molecule has 0 amide bonds. The zero-order valence-electron chi connectivity index (χ0n) is 14.6. The number of nitrogens with one attached hydrogen (secondary N) is 1. The van der Waals surface area contributed by atoms with Gasteiger partial charge in [0.1, 0.15) is 0 Å². The lowest BCUT2D eigenvalue weighted by Crippen LogP contribution is -2.16. The van der Waals surface area contributed by atoms with Crippen LogP contribution >= 0.6 is 0 Å². The van der Waals surface area contributed by atoms with Gasteiger partial charge in [0.15, 0.2) is 11.6 Å². The Labute approximate surface area is 160 Å². The van der Waals surface area contributed by atoms with Gasteiger partial charge in [-0.25, -0.2) is 22.0 Å². The van der Waals surface area contributed by atoms with Gasteiger partial charge in [-0.05, 0) is 36.2 Å². The van der Waals surface area contributed by atoms with Crippen LogP contribution in [0.3, 0.4) is 0 Å². The molecule has 0 aliphatic carbocycles. The molecular weight excluding hydrogens is 388 g/mol. The fourth-order valence-electron chi connectivity index (χ4n) is 2.58. The van der Waals surface area contributed by atoms with Crippen molar-refractivity contribution in [3.63, 3.8) is 0 Å². The van der Waals surface area contributed by atoms with E-state index in [0.29, 0.717) is 12.1 Å². The summed E-state index contributed by atoms with van der Waals surface area (Å²) in [5.41, 5.74) is 1.52. The lowest BCUT2D eigenvalue weighted by atomic mass is 10.0. The molecule has 3 rings (SSSR count). The number of rotatable bonds is 5. The number of benzene rings is 3.